The predicted molar refractivity (Wildman–Crippen MR) is 151 cm³/mol. The van der Waals surface area contributed by atoms with E-state index in [0.29, 0.717) is 16.9 Å². The molecule has 0 saturated carbocycles. The fraction of sp³-hybridized carbons (Fsp3) is 0.250. The Labute approximate surface area is 225 Å². The lowest BCUT2D eigenvalue weighted by molar-refractivity contribution is -0.672. The molecule has 0 aliphatic carbocycles. The first-order chi connectivity index (χ1) is 18.0. The molecule has 3 aromatic carbocycles. The van der Waals surface area contributed by atoms with E-state index in [1.807, 2.05) is 53.4 Å². The number of unbranched alkanes of at least 4 members (excludes halogenated alkanes) is 4. The van der Waals surface area contributed by atoms with E-state index in [4.69, 9.17) is 4.98 Å². The van der Waals surface area contributed by atoms with Gasteiger partial charge >= 0.3 is 0 Å². The van der Waals surface area contributed by atoms with Crippen LogP contribution in [0, 0.1) is 0 Å². The van der Waals surface area contributed by atoms with Gasteiger partial charge in [0.1, 0.15) is 0 Å². The quantitative estimate of drug-likeness (QED) is 0.148. The Balaban J connectivity index is 1.66. The van der Waals surface area contributed by atoms with Crippen LogP contribution in [0.15, 0.2) is 92.9 Å². The summed E-state index contributed by atoms with van der Waals surface area (Å²) < 4.78 is 33.6. The number of nitrogens with zero attached hydrogens (tertiary/aromatic N) is 5. The summed E-state index contributed by atoms with van der Waals surface area (Å²) in [5.74, 6) is 0.531. The van der Waals surface area contributed by atoms with Crippen molar-refractivity contribution in [1.29, 1.82) is 0 Å². The molecule has 0 radical (unpaired) electrons. The number of aryl methyl sites for hydroxylation is 1. The highest BCUT2D eigenvalue weighted by atomic mass is 79.9. The molecule has 5 aromatic rings. The maximum atomic E-state index is 13.4. The number of imidazole rings is 1. The Bertz CT molecular complexity index is 1670. The van der Waals surface area contributed by atoms with Gasteiger partial charge in [0.15, 0.2) is 21.0 Å². The molecule has 1 unspecified atom stereocenters. The normalized spacial score (nSPS) is 13.2. The average molecular weight is 580 g/mol. The molecule has 1 N–H and O–H groups in total. The standard InChI is InChI=1S/C28H28BrN5O2S/c1-2-3-4-5-10-19-33-20-34(26-14-9-8-13-25(26)33)28-27(30-23-11-6-7-12-24(23)31-28)32-37(35,36)22-17-15-21(29)16-18-22/h6-9,11-18,20H,2-5,10,19H2,1H3/p+1. The van der Waals surface area contributed by atoms with Crippen LogP contribution in [0.4, 0.5) is 5.82 Å². The van der Waals surface area contributed by atoms with Gasteiger partial charge in [0.25, 0.3) is 12.1 Å². The third-order valence-corrected chi connectivity index (χ3v) is 8.14. The molecule has 0 saturated heterocycles. The van der Waals surface area contributed by atoms with Crippen molar-refractivity contribution in [3.8, 4) is 5.82 Å². The summed E-state index contributed by atoms with van der Waals surface area (Å²) in [5.41, 5.74) is 3.30. The summed E-state index contributed by atoms with van der Waals surface area (Å²) in [6, 6.07) is 22.2. The van der Waals surface area contributed by atoms with Crippen LogP contribution < -0.4 is 4.57 Å². The van der Waals surface area contributed by atoms with E-state index in [1.165, 1.54) is 25.7 Å². The van der Waals surface area contributed by atoms with E-state index < -0.39 is 10.0 Å². The van der Waals surface area contributed by atoms with Crippen LogP contribution in [0.5, 0.6) is 0 Å². The van der Waals surface area contributed by atoms with Crippen molar-refractivity contribution in [3.05, 3.63) is 83.6 Å². The lowest BCUT2D eigenvalue weighted by atomic mass is 10.1. The van der Waals surface area contributed by atoms with E-state index >= 15 is 0 Å². The number of hydrogen-bond acceptors (Lipinski definition) is 4. The molecule has 0 fully saturated rings. The van der Waals surface area contributed by atoms with Gasteiger partial charge in [0, 0.05) is 4.47 Å². The third kappa shape index (κ3) is 5.58. The summed E-state index contributed by atoms with van der Waals surface area (Å²) >= 11 is 3.37. The summed E-state index contributed by atoms with van der Waals surface area (Å²) in [6.45, 7) is 3.09. The van der Waals surface area contributed by atoms with Crippen LogP contribution in [0.1, 0.15) is 39.0 Å². The van der Waals surface area contributed by atoms with E-state index in [-0.39, 0.29) is 10.7 Å². The number of benzene rings is 3. The molecule has 2 heterocycles. The van der Waals surface area contributed by atoms with E-state index in [0.717, 1.165) is 28.5 Å². The van der Waals surface area contributed by atoms with E-state index in [9.17, 15) is 8.76 Å². The van der Waals surface area contributed by atoms with Gasteiger partial charge in [-0.2, -0.15) is 4.57 Å². The number of para-hydroxylation sites is 4. The first-order valence-electron chi connectivity index (χ1n) is 12.5. The Morgan fingerprint density at radius 1 is 0.919 bits per heavy atom. The van der Waals surface area contributed by atoms with Gasteiger partial charge in [-0.05, 0) is 61.4 Å². The van der Waals surface area contributed by atoms with Crippen molar-refractivity contribution in [2.24, 2.45) is 4.36 Å². The van der Waals surface area contributed by atoms with Gasteiger partial charge in [-0.25, -0.2) is 18.7 Å². The number of rotatable bonds is 9. The van der Waals surface area contributed by atoms with Crippen LogP contribution in [-0.2, 0) is 16.6 Å². The minimum atomic E-state index is -3.77. The van der Waals surface area contributed by atoms with Gasteiger partial charge in [-0.3, -0.25) is 4.55 Å². The molecule has 0 amide bonds. The highest BCUT2D eigenvalue weighted by Gasteiger charge is 2.24. The Morgan fingerprint density at radius 3 is 2.35 bits per heavy atom. The fourth-order valence-electron chi connectivity index (χ4n) is 4.39. The summed E-state index contributed by atoms with van der Waals surface area (Å²) in [4.78, 5) is 9.76. The molecule has 37 heavy (non-hydrogen) atoms. The molecule has 2 aromatic heterocycles. The van der Waals surface area contributed by atoms with E-state index in [2.05, 4.69) is 42.8 Å². The summed E-state index contributed by atoms with van der Waals surface area (Å²) in [7, 11) is -3.77. The number of fused-ring (bicyclic) bond motifs is 2. The van der Waals surface area contributed by atoms with Crippen LogP contribution in [0.25, 0.3) is 27.9 Å². The second-order valence-electron chi connectivity index (χ2n) is 8.98. The monoisotopic (exact) mass is 578 g/mol. The number of halogens is 1. The molecular weight excluding hydrogens is 550 g/mol. The van der Waals surface area contributed by atoms with Crippen molar-refractivity contribution in [1.82, 2.24) is 14.5 Å². The Morgan fingerprint density at radius 2 is 1.59 bits per heavy atom. The third-order valence-electron chi connectivity index (χ3n) is 6.30. The maximum absolute atomic E-state index is 13.4. The molecule has 190 valence electrons. The predicted octanol–water partition coefficient (Wildman–Crippen LogP) is 7.23. The second-order valence-corrected chi connectivity index (χ2v) is 11.5. The molecule has 1 atom stereocenters. The minimum Gasteiger partial charge on any atom is -0.296 e. The molecule has 7 nitrogen and oxygen atoms in total. The first kappa shape index (κ1) is 25.5. The lowest BCUT2D eigenvalue weighted by Gasteiger charge is -2.06. The highest BCUT2D eigenvalue weighted by molar-refractivity contribution is 9.10. The zero-order chi connectivity index (χ0) is 25.8. The lowest BCUT2D eigenvalue weighted by Crippen LogP contribution is -2.32. The Hall–Kier alpha value is -3.14. The second kappa shape index (κ2) is 11.1. The maximum Gasteiger partial charge on any atom is 0.273 e. The molecule has 5 rings (SSSR count). The van der Waals surface area contributed by atoms with Crippen molar-refractivity contribution < 1.29 is 13.3 Å². The van der Waals surface area contributed by atoms with Crippen molar-refractivity contribution >= 4 is 53.8 Å². The molecule has 9 heteroatoms. The van der Waals surface area contributed by atoms with Gasteiger partial charge in [-0.1, -0.05) is 66.4 Å². The van der Waals surface area contributed by atoms with Crippen LogP contribution in [-0.4, -0.2) is 23.3 Å². The SMILES string of the molecule is CCCCCCC[n+]1cn(-c2nc3ccccc3nc2N=S(=O)(O)c2ccc(Br)cc2)c2ccccc21. The van der Waals surface area contributed by atoms with Gasteiger partial charge < -0.3 is 0 Å². The first-order valence-corrected chi connectivity index (χ1v) is 14.7. The molecule has 0 aliphatic rings. The van der Waals surface area contributed by atoms with E-state index in [1.54, 1.807) is 24.3 Å². The van der Waals surface area contributed by atoms with Gasteiger partial charge in [-0.15, -0.1) is 4.36 Å². The van der Waals surface area contributed by atoms with Crippen molar-refractivity contribution in [2.45, 2.75) is 50.5 Å². The molecule has 0 aliphatic heterocycles. The topological polar surface area (TPSA) is 84.3 Å². The largest absolute Gasteiger partial charge is 0.296 e. The van der Waals surface area contributed by atoms with Gasteiger partial charge in [0.05, 0.1) is 22.5 Å². The average Bonchev–Trinajstić information content (AvgIpc) is 3.26. The summed E-state index contributed by atoms with van der Waals surface area (Å²) in [5, 5.41) is 0. The van der Waals surface area contributed by atoms with Crippen molar-refractivity contribution in [2.75, 3.05) is 0 Å². The molecular formula is C28H29BrN5O2S+. The summed E-state index contributed by atoms with van der Waals surface area (Å²) in [6.07, 6.45) is 7.96. The van der Waals surface area contributed by atoms with Crippen LogP contribution in [0.3, 0.4) is 0 Å². The zero-order valence-corrected chi connectivity index (χ0v) is 23.0. The zero-order valence-electron chi connectivity index (χ0n) is 20.6. The molecule has 0 spiro atoms. The van der Waals surface area contributed by atoms with Crippen molar-refractivity contribution in [3.63, 3.8) is 0 Å². The Kier molecular flexibility index (Phi) is 7.64. The van der Waals surface area contributed by atoms with Crippen LogP contribution in [0.2, 0.25) is 0 Å². The smallest absolute Gasteiger partial charge is 0.273 e. The number of hydrogen-bond donors (Lipinski definition) is 1. The molecule has 0 bridgehead atoms. The van der Waals surface area contributed by atoms with Gasteiger partial charge in [0.2, 0.25) is 5.82 Å². The fourth-order valence-corrected chi connectivity index (χ4v) is 5.61. The highest BCUT2D eigenvalue weighted by Crippen LogP contribution is 2.28. The minimum absolute atomic E-state index is 0.116. The number of aromatic nitrogens is 4. The van der Waals surface area contributed by atoms with Crippen LogP contribution >= 0.6 is 15.9 Å².